The molecule has 33 heavy (non-hydrogen) atoms. The molecular formula is C26H26F2N3O2. The van der Waals surface area contributed by atoms with Gasteiger partial charge in [0.25, 0.3) is 0 Å². The van der Waals surface area contributed by atoms with E-state index < -0.39 is 6.11 Å². The number of hydrogen-bond acceptors (Lipinski definition) is 4. The highest BCUT2D eigenvalue weighted by molar-refractivity contribution is 5.76. The molecule has 1 heterocycles. The second-order valence-corrected chi connectivity index (χ2v) is 8.75. The molecule has 0 aliphatic heterocycles. The van der Waals surface area contributed by atoms with Crippen LogP contribution in [0.15, 0.2) is 59.7 Å². The zero-order chi connectivity index (χ0) is 23.0. The van der Waals surface area contributed by atoms with E-state index in [2.05, 4.69) is 11.2 Å². The highest BCUT2D eigenvalue weighted by atomic mass is 19.3. The van der Waals surface area contributed by atoms with Crippen LogP contribution in [-0.2, 0) is 6.42 Å². The number of carbonyl (C=O) groups is 1. The summed E-state index contributed by atoms with van der Waals surface area (Å²) >= 11 is 0. The molecule has 1 radical (unpaired) electrons. The second kappa shape index (κ2) is 8.54. The maximum absolute atomic E-state index is 13.2. The van der Waals surface area contributed by atoms with E-state index in [4.69, 9.17) is 10.1 Å². The molecular weight excluding hydrogens is 424 g/mol. The molecule has 0 amide bonds. The largest absolute Gasteiger partial charge is 0.433 e. The van der Waals surface area contributed by atoms with E-state index in [0.29, 0.717) is 24.2 Å². The van der Waals surface area contributed by atoms with Crippen LogP contribution in [0.1, 0.15) is 50.2 Å². The lowest BCUT2D eigenvalue weighted by Gasteiger charge is -2.17. The minimum absolute atomic E-state index is 0. The van der Waals surface area contributed by atoms with E-state index in [-0.39, 0.29) is 7.18 Å². The van der Waals surface area contributed by atoms with Gasteiger partial charge < -0.3 is 4.74 Å². The zero-order valence-electron chi connectivity index (χ0n) is 18.3. The lowest BCUT2D eigenvalue weighted by molar-refractivity contribution is -0.158. The van der Waals surface area contributed by atoms with Crippen molar-refractivity contribution in [3.63, 3.8) is 0 Å². The van der Waals surface area contributed by atoms with Gasteiger partial charge in [-0.25, -0.2) is 9.67 Å². The van der Waals surface area contributed by atoms with E-state index >= 15 is 0 Å². The van der Waals surface area contributed by atoms with Crippen molar-refractivity contribution in [3.8, 4) is 22.8 Å². The molecule has 2 aliphatic rings. The van der Waals surface area contributed by atoms with Gasteiger partial charge in [0.15, 0.2) is 5.82 Å². The fourth-order valence-corrected chi connectivity index (χ4v) is 4.36. The Balaban J connectivity index is 0.00000274. The van der Waals surface area contributed by atoms with Crippen molar-refractivity contribution in [2.45, 2.75) is 45.1 Å². The fourth-order valence-electron chi connectivity index (χ4n) is 4.36. The van der Waals surface area contributed by atoms with Gasteiger partial charge in [-0.15, -0.1) is 5.10 Å². The molecule has 0 saturated carbocycles. The molecule has 3 aromatic rings. The van der Waals surface area contributed by atoms with Crippen LogP contribution in [0, 0.1) is 12.3 Å². The van der Waals surface area contributed by atoms with E-state index in [1.165, 1.54) is 36.1 Å². The predicted molar refractivity (Wildman–Crippen MR) is 123 cm³/mol. The van der Waals surface area contributed by atoms with Crippen LogP contribution in [0.25, 0.3) is 17.1 Å². The number of halogens is 2. The summed E-state index contributed by atoms with van der Waals surface area (Å²) < 4.78 is 32.8. The first-order valence-electron chi connectivity index (χ1n) is 11.1. The van der Waals surface area contributed by atoms with Crippen molar-refractivity contribution < 1.29 is 19.7 Å². The summed E-state index contributed by atoms with van der Waals surface area (Å²) in [6, 6.07) is 13.5. The molecule has 2 aromatic carbocycles. The average Bonchev–Trinajstić information content (AvgIpc) is 3.46. The third kappa shape index (κ3) is 5.02. The van der Waals surface area contributed by atoms with Crippen LogP contribution >= 0.6 is 0 Å². The van der Waals surface area contributed by atoms with Crippen LogP contribution in [0.5, 0.6) is 5.75 Å². The average molecular weight is 451 g/mol. The summed E-state index contributed by atoms with van der Waals surface area (Å²) in [6.45, 7) is 0.711. The number of hydrogen-bond donors (Lipinski definition) is 0. The summed E-state index contributed by atoms with van der Waals surface area (Å²) in [7, 11) is 0. The zero-order valence-corrected chi connectivity index (χ0v) is 18.3. The summed E-state index contributed by atoms with van der Waals surface area (Å²) in [5, 5.41) is 4.71. The summed E-state index contributed by atoms with van der Waals surface area (Å²) in [4.78, 5) is 15.8. The molecule has 5 nitrogen and oxygen atoms in total. The van der Waals surface area contributed by atoms with Crippen LogP contribution in [-0.4, -0.2) is 27.2 Å². The van der Waals surface area contributed by atoms with Gasteiger partial charge in [-0.3, -0.25) is 4.79 Å². The lowest BCUT2D eigenvalue weighted by Crippen LogP contribution is -2.19. The van der Waals surface area contributed by atoms with Crippen molar-refractivity contribution in [1.29, 1.82) is 0 Å². The molecule has 0 bridgehead atoms. The Morgan fingerprint density at radius 2 is 1.91 bits per heavy atom. The summed E-state index contributed by atoms with van der Waals surface area (Å²) in [6.07, 6.45) is 5.13. The molecule has 0 spiro atoms. The summed E-state index contributed by atoms with van der Waals surface area (Å²) in [5.41, 5.74) is 5.18. The third-order valence-corrected chi connectivity index (χ3v) is 6.14. The van der Waals surface area contributed by atoms with E-state index in [1.807, 2.05) is 12.1 Å². The topological polar surface area (TPSA) is 57.0 Å². The molecule has 1 atom stereocenters. The van der Waals surface area contributed by atoms with Gasteiger partial charge in [0, 0.05) is 32.3 Å². The predicted octanol–water partition coefficient (Wildman–Crippen LogP) is 6.23. The van der Waals surface area contributed by atoms with E-state index in [1.54, 1.807) is 28.9 Å². The standard InChI is InChI=1S/C26H24F2N3O2.H2/c1-26(27,28)33-23-11-9-22(10-12-23)31-24(13-5-17-2-8-20-15-21(20)14-17)29-25(30-31)19-6-3-18(16-32)4-7-19;/h3-4,6-7,9-12,15-17H,2,5,8,13-14H2,1H3;1H. The fraction of sp³-hybridized carbons (Fsp3) is 0.308. The Kier molecular flexibility index (Phi) is 5.56. The van der Waals surface area contributed by atoms with Gasteiger partial charge in [0.05, 0.1) is 5.69 Å². The lowest BCUT2D eigenvalue weighted by atomic mass is 9.90. The summed E-state index contributed by atoms with van der Waals surface area (Å²) in [5.74, 6) is 2.10. The highest BCUT2D eigenvalue weighted by Crippen LogP contribution is 2.45. The number of carbonyl (C=O) groups excluding carboxylic acids is 1. The molecule has 1 aromatic heterocycles. The molecule has 5 rings (SSSR count). The van der Waals surface area contributed by atoms with Crippen LogP contribution in [0.3, 0.4) is 0 Å². The monoisotopic (exact) mass is 450 g/mol. The van der Waals surface area contributed by atoms with Crippen molar-refractivity contribution in [2.24, 2.45) is 5.92 Å². The van der Waals surface area contributed by atoms with Gasteiger partial charge in [0.1, 0.15) is 17.9 Å². The minimum atomic E-state index is -3.24. The van der Waals surface area contributed by atoms with Crippen molar-refractivity contribution in [2.75, 3.05) is 0 Å². The second-order valence-electron chi connectivity index (χ2n) is 8.75. The Morgan fingerprint density at radius 3 is 2.58 bits per heavy atom. The molecule has 1 unspecified atom stereocenters. The maximum Gasteiger partial charge on any atom is 0.394 e. The number of rotatable bonds is 8. The molecule has 2 aliphatic carbocycles. The smallest absolute Gasteiger partial charge is 0.394 e. The van der Waals surface area contributed by atoms with Crippen molar-refractivity contribution in [1.82, 2.24) is 14.8 Å². The molecule has 0 N–H and O–H groups in total. The third-order valence-electron chi connectivity index (χ3n) is 6.14. The Morgan fingerprint density at radius 1 is 1.15 bits per heavy atom. The SMILES string of the molecule is CC(F)(F)Oc1ccc(-n2nc(-c3ccc(C=O)cc3)nc2CCC2CCC3=C([CH]3)C2)cc1.[HH]. The van der Waals surface area contributed by atoms with Gasteiger partial charge in [-0.05, 0) is 55.9 Å². The first-order valence-corrected chi connectivity index (χ1v) is 11.1. The van der Waals surface area contributed by atoms with Crippen LogP contribution in [0.4, 0.5) is 8.78 Å². The Labute approximate surface area is 192 Å². The van der Waals surface area contributed by atoms with Gasteiger partial charge in [0.2, 0.25) is 0 Å². The number of ether oxygens (including phenoxy) is 1. The number of aldehydes is 1. The first-order chi connectivity index (χ1) is 15.9. The Bertz CT molecular complexity index is 1200. The minimum Gasteiger partial charge on any atom is -0.433 e. The van der Waals surface area contributed by atoms with E-state index in [9.17, 15) is 13.6 Å². The molecule has 0 fully saturated rings. The number of benzene rings is 2. The van der Waals surface area contributed by atoms with Crippen molar-refractivity contribution >= 4 is 6.29 Å². The first kappa shape index (κ1) is 21.5. The van der Waals surface area contributed by atoms with Gasteiger partial charge in [-0.2, -0.15) is 8.78 Å². The molecule has 0 saturated heterocycles. The highest BCUT2D eigenvalue weighted by Gasteiger charge is 2.30. The number of allylic oxidation sites excluding steroid dienone is 2. The molecule has 171 valence electrons. The van der Waals surface area contributed by atoms with Crippen LogP contribution < -0.4 is 4.74 Å². The normalized spacial score (nSPS) is 17.6. The molecule has 7 heteroatoms. The van der Waals surface area contributed by atoms with Crippen LogP contribution in [0.2, 0.25) is 0 Å². The number of alkyl halides is 2. The number of aryl methyl sites for hydroxylation is 1. The number of nitrogens with zero attached hydrogens (tertiary/aromatic N) is 3. The Hall–Kier alpha value is -3.35. The quantitative estimate of drug-likeness (QED) is 0.382. The number of aromatic nitrogens is 3. The van der Waals surface area contributed by atoms with Gasteiger partial charge in [-0.1, -0.05) is 35.4 Å². The maximum atomic E-state index is 13.2. The van der Waals surface area contributed by atoms with Gasteiger partial charge >= 0.3 is 6.11 Å². The van der Waals surface area contributed by atoms with E-state index in [0.717, 1.165) is 42.6 Å². The van der Waals surface area contributed by atoms with Crippen molar-refractivity contribution in [3.05, 3.63) is 77.5 Å².